The highest BCUT2D eigenvalue weighted by molar-refractivity contribution is 6.08. The first kappa shape index (κ1) is 14.9. The van der Waals surface area contributed by atoms with Crippen molar-refractivity contribution in [3.8, 4) is 0 Å². The number of nitro benzene ring substituents is 1. The highest BCUT2D eigenvalue weighted by Gasteiger charge is 2.35. The van der Waals surface area contributed by atoms with E-state index >= 15 is 0 Å². The van der Waals surface area contributed by atoms with E-state index in [1.165, 1.54) is 6.08 Å². The van der Waals surface area contributed by atoms with Crippen LogP contribution in [0.1, 0.15) is 21.5 Å². The number of carbonyl (C=O) groups is 1. The molecule has 0 saturated heterocycles. The summed E-state index contributed by atoms with van der Waals surface area (Å²) in [7, 11) is 0. The quantitative estimate of drug-likeness (QED) is 0.402. The molecule has 0 fully saturated rings. The third kappa shape index (κ3) is 2.42. The van der Waals surface area contributed by atoms with Crippen molar-refractivity contribution in [3.05, 3.63) is 81.3 Å². The predicted octanol–water partition coefficient (Wildman–Crippen LogP) is 3.95. The number of benzene rings is 2. The van der Waals surface area contributed by atoms with E-state index in [1.54, 1.807) is 12.3 Å². The van der Waals surface area contributed by atoms with Crippen LogP contribution in [0, 0.1) is 15.9 Å². The molecule has 6 nitrogen and oxygen atoms in total. The van der Waals surface area contributed by atoms with E-state index in [2.05, 4.69) is 4.98 Å². The van der Waals surface area contributed by atoms with Crippen molar-refractivity contribution in [1.29, 1.82) is 0 Å². The Morgan fingerprint density at radius 2 is 2.00 bits per heavy atom. The second-order valence-electron chi connectivity index (χ2n) is 5.42. The van der Waals surface area contributed by atoms with E-state index in [-0.39, 0.29) is 16.9 Å². The number of aromatic nitrogens is 1. The fraction of sp³-hybridized carbons (Fsp3) is 0. The lowest BCUT2D eigenvalue weighted by Gasteiger charge is -2.04. The minimum atomic E-state index is -0.863. The minimum Gasteiger partial charge on any atom is -0.422 e. The Balaban J connectivity index is 1.96. The van der Waals surface area contributed by atoms with Crippen molar-refractivity contribution in [2.75, 3.05) is 0 Å². The van der Waals surface area contributed by atoms with E-state index in [4.69, 9.17) is 4.74 Å². The summed E-state index contributed by atoms with van der Waals surface area (Å²) in [5.41, 5.74) is 0.731. The Morgan fingerprint density at radius 1 is 1.20 bits per heavy atom. The topological polar surface area (TPSA) is 82.3 Å². The molecule has 0 saturated carbocycles. The van der Waals surface area contributed by atoms with Crippen LogP contribution in [0.4, 0.5) is 10.1 Å². The molecule has 7 heteroatoms. The number of nitrogens with zero attached hydrogens (tertiary/aromatic N) is 2. The molecule has 3 aromatic rings. The van der Waals surface area contributed by atoms with Crippen molar-refractivity contribution in [3.63, 3.8) is 0 Å². The Bertz CT molecular complexity index is 1090. The van der Waals surface area contributed by atoms with Gasteiger partial charge in [0.15, 0.2) is 0 Å². The third-order valence-electron chi connectivity index (χ3n) is 3.92. The molecule has 25 heavy (non-hydrogen) atoms. The maximum atomic E-state index is 13.6. The van der Waals surface area contributed by atoms with Crippen molar-refractivity contribution in [2.45, 2.75) is 0 Å². The number of ether oxygens (including phenoxy) is 1. The van der Waals surface area contributed by atoms with Gasteiger partial charge < -0.3 is 4.74 Å². The van der Waals surface area contributed by atoms with Gasteiger partial charge in [-0.1, -0.05) is 18.2 Å². The second kappa shape index (κ2) is 5.48. The van der Waals surface area contributed by atoms with Crippen molar-refractivity contribution >= 4 is 34.4 Å². The van der Waals surface area contributed by atoms with Gasteiger partial charge in [0.1, 0.15) is 17.1 Å². The van der Waals surface area contributed by atoms with Crippen LogP contribution in [0.3, 0.4) is 0 Å². The standard InChI is InChI=1S/C18H9FN2O4/c19-11-8-13-17(15(9-11)21(23)24)16(25-18(13)22)7-10-5-6-20-14-4-2-1-3-12(10)14/h1-9H/b16-7-. The van der Waals surface area contributed by atoms with Crippen LogP contribution >= 0.6 is 0 Å². The summed E-state index contributed by atoms with van der Waals surface area (Å²) in [4.78, 5) is 26.8. The molecule has 2 heterocycles. The molecule has 122 valence electrons. The Labute approximate surface area is 140 Å². The molecule has 1 aliphatic heterocycles. The summed E-state index contributed by atoms with van der Waals surface area (Å²) < 4.78 is 18.7. The average Bonchev–Trinajstić information content (AvgIpc) is 2.90. The number of nitro groups is 1. The van der Waals surface area contributed by atoms with Gasteiger partial charge in [-0.2, -0.15) is 0 Å². The maximum absolute atomic E-state index is 13.6. The Morgan fingerprint density at radius 3 is 2.80 bits per heavy atom. The number of hydrogen-bond donors (Lipinski definition) is 0. The molecule has 0 amide bonds. The van der Waals surface area contributed by atoms with Crippen LogP contribution in [0.25, 0.3) is 22.7 Å². The lowest BCUT2D eigenvalue weighted by molar-refractivity contribution is -0.385. The summed E-state index contributed by atoms with van der Waals surface area (Å²) in [6, 6.07) is 10.8. The highest BCUT2D eigenvalue weighted by atomic mass is 19.1. The Kier molecular flexibility index (Phi) is 3.28. The monoisotopic (exact) mass is 336 g/mol. The van der Waals surface area contributed by atoms with Gasteiger partial charge in [0.2, 0.25) is 0 Å². The molecule has 0 bridgehead atoms. The van der Waals surface area contributed by atoms with Gasteiger partial charge in [0, 0.05) is 11.6 Å². The average molecular weight is 336 g/mol. The first-order valence-corrected chi connectivity index (χ1v) is 7.30. The zero-order valence-electron chi connectivity index (χ0n) is 12.6. The SMILES string of the molecule is O=C1O/C(=C\c2ccnc3ccccc23)c2c1cc(F)cc2[N+](=O)[O-]. The molecular weight excluding hydrogens is 327 g/mol. The number of rotatable bonds is 2. The lowest BCUT2D eigenvalue weighted by atomic mass is 10.0. The number of hydrogen-bond acceptors (Lipinski definition) is 5. The van der Waals surface area contributed by atoms with Crippen molar-refractivity contribution < 1.29 is 18.8 Å². The summed E-state index contributed by atoms with van der Waals surface area (Å²) in [6.07, 6.45) is 3.12. The van der Waals surface area contributed by atoms with Gasteiger partial charge in [-0.25, -0.2) is 9.18 Å². The number of pyridine rings is 1. The van der Waals surface area contributed by atoms with Gasteiger partial charge in [0.25, 0.3) is 5.69 Å². The van der Waals surface area contributed by atoms with Gasteiger partial charge >= 0.3 is 5.97 Å². The maximum Gasteiger partial charge on any atom is 0.344 e. The molecule has 4 rings (SSSR count). The number of esters is 1. The summed E-state index contributed by atoms with van der Waals surface area (Å²) >= 11 is 0. The fourth-order valence-corrected chi connectivity index (χ4v) is 2.85. The second-order valence-corrected chi connectivity index (χ2v) is 5.42. The summed E-state index contributed by atoms with van der Waals surface area (Å²) in [5, 5.41) is 12.1. The molecule has 0 N–H and O–H groups in total. The van der Waals surface area contributed by atoms with Crippen LogP contribution in [0.15, 0.2) is 48.7 Å². The molecule has 0 aliphatic carbocycles. The Hall–Kier alpha value is -3.61. The third-order valence-corrected chi connectivity index (χ3v) is 3.92. The van der Waals surface area contributed by atoms with Crippen LogP contribution in [-0.2, 0) is 4.74 Å². The van der Waals surface area contributed by atoms with E-state index in [9.17, 15) is 19.3 Å². The first-order chi connectivity index (χ1) is 12.0. The molecule has 0 atom stereocenters. The van der Waals surface area contributed by atoms with Gasteiger partial charge in [0.05, 0.1) is 22.1 Å². The van der Waals surface area contributed by atoms with E-state index in [0.717, 1.165) is 23.0 Å². The molecule has 0 spiro atoms. The normalized spacial score (nSPS) is 14.6. The number of cyclic esters (lactones) is 1. The zero-order valence-corrected chi connectivity index (χ0v) is 12.6. The number of fused-ring (bicyclic) bond motifs is 2. The lowest BCUT2D eigenvalue weighted by Crippen LogP contribution is -1.98. The molecular formula is C18H9FN2O4. The molecule has 1 aromatic heterocycles. The van der Waals surface area contributed by atoms with E-state index < -0.39 is 22.4 Å². The number of carbonyl (C=O) groups excluding carboxylic acids is 1. The van der Waals surface area contributed by atoms with E-state index in [0.29, 0.717) is 5.56 Å². The van der Waals surface area contributed by atoms with E-state index in [1.807, 2.05) is 24.3 Å². The van der Waals surface area contributed by atoms with Crippen LogP contribution in [-0.4, -0.2) is 15.9 Å². The van der Waals surface area contributed by atoms with Crippen LogP contribution in [0.2, 0.25) is 0 Å². The largest absolute Gasteiger partial charge is 0.422 e. The molecule has 1 aliphatic rings. The van der Waals surface area contributed by atoms with Crippen molar-refractivity contribution in [1.82, 2.24) is 4.98 Å². The molecule has 2 aromatic carbocycles. The number of halogens is 1. The molecule has 0 unspecified atom stereocenters. The molecule has 0 radical (unpaired) electrons. The van der Waals surface area contributed by atoms with Crippen LogP contribution < -0.4 is 0 Å². The van der Waals surface area contributed by atoms with Crippen LogP contribution in [0.5, 0.6) is 0 Å². The highest BCUT2D eigenvalue weighted by Crippen LogP contribution is 2.39. The smallest absolute Gasteiger partial charge is 0.344 e. The first-order valence-electron chi connectivity index (χ1n) is 7.30. The van der Waals surface area contributed by atoms with Crippen molar-refractivity contribution in [2.24, 2.45) is 0 Å². The minimum absolute atomic E-state index is 0.0164. The fourth-order valence-electron chi connectivity index (χ4n) is 2.85. The zero-order chi connectivity index (χ0) is 17.6. The van der Waals surface area contributed by atoms with Gasteiger partial charge in [-0.3, -0.25) is 15.1 Å². The van der Waals surface area contributed by atoms with Gasteiger partial charge in [-0.15, -0.1) is 0 Å². The summed E-state index contributed by atoms with van der Waals surface area (Å²) in [6.45, 7) is 0. The number of para-hydroxylation sites is 1. The summed E-state index contributed by atoms with van der Waals surface area (Å²) in [5.74, 6) is -1.66. The predicted molar refractivity (Wildman–Crippen MR) is 88.1 cm³/mol. The van der Waals surface area contributed by atoms with Gasteiger partial charge in [-0.05, 0) is 29.8 Å².